The number of rotatable bonds is 3. The number of benzene rings is 1. The minimum absolute atomic E-state index is 0. The van der Waals surface area contributed by atoms with Gasteiger partial charge in [0.05, 0.1) is 6.54 Å². The number of aromatic nitrogens is 2. The van der Waals surface area contributed by atoms with E-state index in [1.54, 1.807) is 11.3 Å². The van der Waals surface area contributed by atoms with Gasteiger partial charge in [0.25, 0.3) is 0 Å². The normalized spacial score (nSPS) is 11.9. The van der Waals surface area contributed by atoms with E-state index < -0.39 is 0 Å². The summed E-state index contributed by atoms with van der Waals surface area (Å²) in [5.41, 5.74) is 8.02. The predicted molar refractivity (Wildman–Crippen MR) is 104 cm³/mol. The first-order valence-electron chi connectivity index (χ1n) is 6.81. The molecule has 0 amide bonds. The van der Waals surface area contributed by atoms with Crippen molar-refractivity contribution in [3.8, 4) is 0 Å². The van der Waals surface area contributed by atoms with Crippen molar-refractivity contribution in [1.82, 2.24) is 10.2 Å². The van der Waals surface area contributed by atoms with Gasteiger partial charge in [0, 0.05) is 11.1 Å². The molecule has 0 aliphatic rings. The molecule has 2 aromatic rings. The molecular weight excluding hydrogens is 409 g/mol. The number of halogens is 1. The standard InChI is InChI=1S/C15H21N5S.HI/c1-10-6-5-7-11(8-10)18-14(16)17-9-12-19-20-13(21-12)15(2,3)4;/h5-8H,9H2,1-4H3,(H3,16,17,18);1H. The molecule has 7 heteroatoms. The van der Waals surface area contributed by atoms with Crippen LogP contribution in [0.25, 0.3) is 0 Å². The van der Waals surface area contributed by atoms with Crippen LogP contribution in [0.1, 0.15) is 36.3 Å². The molecule has 0 spiro atoms. The van der Waals surface area contributed by atoms with Gasteiger partial charge in [0.1, 0.15) is 10.0 Å². The van der Waals surface area contributed by atoms with Crippen molar-refractivity contribution < 1.29 is 0 Å². The smallest absolute Gasteiger partial charge is 0.193 e. The second-order valence-electron chi connectivity index (χ2n) is 5.95. The lowest BCUT2D eigenvalue weighted by Crippen LogP contribution is -2.22. The van der Waals surface area contributed by atoms with E-state index in [9.17, 15) is 0 Å². The molecule has 3 N–H and O–H groups in total. The van der Waals surface area contributed by atoms with E-state index in [1.807, 2.05) is 31.2 Å². The first-order chi connectivity index (χ1) is 9.84. The van der Waals surface area contributed by atoms with Gasteiger partial charge in [-0.2, -0.15) is 0 Å². The highest BCUT2D eigenvalue weighted by molar-refractivity contribution is 14.0. The van der Waals surface area contributed by atoms with Crippen LogP contribution in [0.15, 0.2) is 29.3 Å². The van der Waals surface area contributed by atoms with Crippen molar-refractivity contribution in [2.45, 2.75) is 39.7 Å². The van der Waals surface area contributed by atoms with Gasteiger partial charge in [-0.25, -0.2) is 4.99 Å². The minimum Gasteiger partial charge on any atom is -0.370 e. The molecule has 0 saturated carbocycles. The molecule has 0 aliphatic carbocycles. The van der Waals surface area contributed by atoms with Crippen molar-refractivity contribution >= 4 is 47.0 Å². The third-order valence-electron chi connectivity index (χ3n) is 2.78. The van der Waals surface area contributed by atoms with Crippen LogP contribution in [-0.2, 0) is 12.0 Å². The molecule has 22 heavy (non-hydrogen) atoms. The summed E-state index contributed by atoms with van der Waals surface area (Å²) in [5, 5.41) is 13.3. The molecule has 2 rings (SSSR count). The van der Waals surface area contributed by atoms with Crippen LogP contribution in [0, 0.1) is 6.92 Å². The van der Waals surface area contributed by atoms with Gasteiger partial charge in [0.15, 0.2) is 5.96 Å². The Morgan fingerprint density at radius 3 is 2.64 bits per heavy atom. The highest BCUT2D eigenvalue weighted by Gasteiger charge is 2.19. The molecule has 0 fully saturated rings. The summed E-state index contributed by atoms with van der Waals surface area (Å²) in [6, 6.07) is 7.99. The molecule has 1 aromatic carbocycles. The number of nitrogens with one attached hydrogen (secondary N) is 1. The third-order valence-corrected chi connectivity index (χ3v) is 4.12. The van der Waals surface area contributed by atoms with Crippen LogP contribution in [0.2, 0.25) is 0 Å². The highest BCUT2D eigenvalue weighted by Crippen LogP contribution is 2.25. The summed E-state index contributed by atoms with van der Waals surface area (Å²) >= 11 is 1.58. The molecule has 1 aromatic heterocycles. The summed E-state index contributed by atoms with van der Waals surface area (Å²) in [6.07, 6.45) is 0. The Morgan fingerprint density at radius 1 is 1.32 bits per heavy atom. The quantitative estimate of drug-likeness (QED) is 0.442. The minimum atomic E-state index is 0. The molecule has 0 radical (unpaired) electrons. The largest absolute Gasteiger partial charge is 0.370 e. The number of hydrogen-bond donors (Lipinski definition) is 2. The Kier molecular flexibility index (Phi) is 6.73. The first-order valence-corrected chi connectivity index (χ1v) is 7.63. The van der Waals surface area contributed by atoms with Gasteiger partial charge in [-0.3, -0.25) is 0 Å². The monoisotopic (exact) mass is 431 g/mol. The van der Waals surface area contributed by atoms with Gasteiger partial charge in [0.2, 0.25) is 0 Å². The number of anilines is 1. The highest BCUT2D eigenvalue weighted by atomic mass is 127. The Balaban J connectivity index is 0.00000242. The Hall–Kier alpha value is -1.22. The summed E-state index contributed by atoms with van der Waals surface area (Å²) in [6.45, 7) is 8.84. The third kappa shape index (κ3) is 5.53. The lowest BCUT2D eigenvalue weighted by atomic mass is 9.98. The lowest BCUT2D eigenvalue weighted by molar-refractivity contribution is 0.577. The predicted octanol–water partition coefficient (Wildman–Crippen LogP) is 3.69. The van der Waals surface area contributed by atoms with Gasteiger partial charge in [-0.15, -0.1) is 34.2 Å². The first kappa shape index (κ1) is 18.8. The van der Waals surface area contributed by atoms with Crippen LogP contribution in [0.3, 0.4) is 0 Å². The van der Waals surface area contributed by atoms with Gasteiger partial charge in [-0.1, -0.05) is 44.2 Å². The second-order valence-corrected chi connectivity index (χ2v) is 7.01. The maximum atomic E-state index is 5.89. The van der Waals surface area contributed by atoms with Crippen molar-refractivity contribution in [1.29, 1.82) is 0 Å². The number of nitrogens with two attached hydrogens (primary N) is 1. The number of hydrogen-bond acceptors (Lipinski definition) is 4. The molecule has 0 unspecified atom stereocenters. The second kappa shape index (κ2) is 7.87. The zero-order chi connectivity index (χ0) is 15.5. The fourth-order valence-corrected chi connectivity index (χ4v) is 2.51. The zero-order valence-corrected chi connectivity index (χ0v) is 16.4. The SMILES string of the molecule is Cc1cccc(NC(N)=NCc2nnc(C(C)(C)C)s2)c1.I. The number of aryl methyl sites for hydroxylation is 1. The topological polar surface area (TPSA) is 76.2 Å². The van der Waals surface area contributed by atoms with Crippen LogP contribution >= 0.6 is 35.3 Å². The average molecular weight is 431 g/mol. The fraction of sp³-hybridized carbons (Fsp3) is 0.400. The molecule has 0 bridgehead atoms. The van der Waals surface area contributed by atoms with Crippen molar-refractivity contribution in [3.63, 3.8) is 0 Å². The van der Waals surface area contributed by atoms with Crippen LogP contribution in [0.5, 0.6) is 0 Å². The number of guanidine groups is 1. The zero-order valence-electron chi connectivity index (χ0n) is 13.3. The maximum absolute atomic E-state index is 5.89. The fourth-order valence-electron chi connectivity index (χ4n) is 1.68. The van der Waals surface area contributed by atoms with Crippen molar-refractivity contribution in [2.24, 2.45) is 10.7 Å². The Labute approximate surface area is 152 Å². The van der Waals surface area contributed by atoms with E-state index in [1.165, 1.54) is 5.56 Å². The van der Waals surface area contributed by atoms with Crippen molar-refractivity contribution in [3.05, 3.63) is 39.8 Å². The molecule has 120 valence electrons. The molecule has 0 atom stereocenters. The van der Waals surface area contributed by atoms with Gasteiger partial charge >= 0.3 is 0 Å². The molecule has 5 nitrogen and oxygen atoms in total. The van der Waals surface area contributed by atoms with Gasteiger partial charge < -0.3 is 11.1 Å². The van der Waals surface area contributed by atoms with E-state index in [0.717, 1.165) is 15.7 Å². The number of aliphatic imine (C=N–C) groups is 1. The Morgan fingerprint density at radius 2 is 2.05 bits per heavy atom. The summed E-state index contributed by atoms with van der Waals surface area (Å²) in [4.78, 5) is 4.31. The summed E-state index contributed by atoms with van der Waals surface area (Å²) in [5.74, 6) is 0.383. The van der Waals surface area contributed by atoms with E-state index in [-0.39, 0.29) is 29.4 Å². The summed E-state index contributed by atoms with van der Waals surface area (Å²) in [7, 11) is 0. The maximum Gasteiger partial charge on any atom is 0.193 e. The molecule has 1 heterocycles. The van der Waals surface area contributed by atoms with E-state index >= 15 is 0 Å². The van der Waals surface area contributed by atoms with Crippen LogP contribution in [-0.4, -0.2) is 16.2 Å². The molecular formula is C15H22IN5S. The van der Waals surface area contributed by atoms with E-state index in [4.69, 9.17) is 5.73 Å². The molecule has 0 saturated heterocycles. The van der Waals surface area contributed by atoms with Crippen LogP contribution in [0.4, 0.5) is 5.69 Å². The van der Waals surface area contributed by atoms with E-state index in [0.29, 0.717) is 12.5 Å². The summed E-state index contributed by atoms with van der Waals surface area (Å²) < 4.78 is 0. The average Bonchev–Trinajstić information content (AvgIpc) is 2.85. The van der Waals surface area contributed by atoms with Crippen molar-refractivity contribution in [2.75, 3.05) is 5.32 Å². The van der Waals surface area contributed by atoms with Crippen LogP contribution < -0.4 is 11.1 Å². The lowest BCUT2D eigenvalue weighted by Gasteiger charge is -2.12. The van der Waals surface area contributed by atoms with E-state index in [2.05, 4.69) is 41.3 Å². The Bertz CT molecular complexity index is 645. The molecule has 0 aliphatic heterocycles. The number of nitrogens with zero attached hydrogens (tertiary/aromatic N) is 3. The van der Waals surface area contributed by atoms with Gasteiger partial charge in [-0.05, 0) is 24.6 Å².